The van der Waals surface area contributed by atoms with Crippen molar-refractivity contribution in [3.05, 3.63) is 21.4 Å². The lowest BCUT2D eigenvalue weighted by Crippen LogP contribution is -2.25. The maximum atomic E-state index is 5.50. The zero-order valence-corrected chi connectivity index (χ0v) is 13.4. The number of hydrogen-bond donors (Lipinski definition) is 1. The average molecular weight is 293 g/mol. The fourth-order valence-electron chi connectivity index (χ4n) is 3.55. The number of hydrogen-bond acceptors (Lipinski definition) is 3. The molecule has 112 valence electrons. The van der Waals surface area contributed by atoms with Crippen LogP contribution in [0.2, 0.25) is 0 Å². The number of fused-ring (bicyclic) bond motifs is 1. The maximum Gasteiger partial charge on any atom is 0.0468 e. The topological polar surface area (TPSA) is 21.3 Å². The Kier molecular flexibility index (Phi) is 5.14. The van der Waals surface area contributed by atoms with Gasteiger partial charge in [-0.3, -0.25) is 0 Å². The predicted octanol–water partition coefficient (Wildman–Crippen LogP) is 4.09. The molecule has 2 nitrogen and oxygen atoms in total. The van der Waals surface area contributed by atoms with E-state index in [2.05, 4.69) is 29.6 Å². The normalized spacial score (nSPS) is 21.6. The molecule has 0 spiro atoms. The van der Waals surface area contributed by atoms with E-state index < -0.39 is 0 Å². The van der Waals surface area contributed by atoms with E-state index in [4.69, 9.17) is 4.74 Å². The van der Waals surface area contributed by atoms with Gasteiger partial charge >= 0.3 is 0 Å². The number of nitrogens with one attached hydrogen (secondary N) is 1. The first kappa shape index (κ1) is 14.6. The van der Waals surface area contributed by atoms with Crippen LogP contribution in [0.4, 0.5) is 0 Å². The second kappa shape index (κ2) is 7.06. The molecule has 2 aliphatic rings. The Hall–Kier alpha value is -0.380. The van der Waals surface area contributed by atoms with Gasteiger partial charge in [-0.25, -0.2) is 0 Å². The Balaban J connectivity index is 1.70. The van der Waals surface area contributed by atoms with E-state index in [0.29, 0.717) is 6.04 Å². The molecule has 3 heteroatoms. The van der Waals surface area contributed by atoms with E-state index in [9.17, 15) is 0 Å². The van der Waals surface area contributed by atoms with Crippen molar-refractivity contribution in [3.8, 4) is 0 Å². The van der Waals surface area contributed by atoms with Crippen molar-refractivity contribution in [2.75, 3.05) is 19.8 Å². The van der Waals surface area contributed by atoms with Crippen LogP contribution in [0.3, 0.4) is 0 Å². The van der Waals surface area contributed by atoms with Crippen LogP contribution in [0.25, 0.3) is 0 Å². The maximum absolute atomic E-state index is 5.50. The zero-order chi connectivity index (χ0) is 13.8. The first-order chi connectivity index (χ1) is 9.86. The summed E-state index contributed by atoms with van der Waals surface area (Å²) in [7, 11) is 0. The number of aryl methyl sites for hydroxylation is 2. The molecular weight excluding hydrogens is 266 g/mol. The summed E-state index contributed by atoms with van der Waals surface area (Å²) >= 11 is 2.08. The largest absolute Gasteiger partial charge is 0.381 e. The molecule has 1 N–H and O–H groups in total. The van der Waals surface area contributed by atoms with E-state index in [0.717, 1.165) is 25.7 Å². The minimum Gasteiger partial charge on any atom is -0.381 e. The van der Waals surface area contributed by atoms with Crippen molar-refractivity contribution in [2.24, 2.45) is 5.92 Å². The van der Waals surface area contributed by atoms with E-state index in [1.807, 2.05) is 0 Å². The van der Waals surface area contributed by atoms with Gasteiger partial charge in [-0.1, -0.05) is 6.92 Å². The highest BCUT2D eigenvalue weighted by Crippen LogP contribution is 2.36. The fourth-order valence-corrected chi connectivity index (χ4v) is 4.89. The summed E-state index contributed by atoms with van der Waals surface area (Å²) in [6.07, 6.45) is 9.17. The highest BCUT2D eigenvalue weighted by Gasteiger charge is 2.23. The third kappa shape index (κ3) is 3.44. The second-order valence-electron chi connectivity index (χ2n) is 6.21. The highest BCUT2D eigenvalue weighted by atomic mass is 32.1. The van der Waals surface area contributed by atoms with Gasteiger partial charge in [0.2, 0.25) is 0 Å². The Morgan fingerprint density at radius 3 is 2.85 bits per heavy atom. The summed E-state index contributed by atoms with van der Waals surface area (Å²) < 4.78 is 5.50. The van der Waals surface area contributed by atoms with E-state index in [1.165, 1.54) is 44.9 Å². The SMILES string of the molecule is CCNC(CC1CCOCC1)c1cc2c(s1)CCCC2. The van der Waals surface area contributed by atoms with E-state index in [-0.39, 0.29) is 0 Å². The Bertz CT molecular complexity index is 399. The standard InChI is InChI=1S/C17H27NOS/c1-2-18-15(11-13-7-9-19-10-8-13)17-12-14-5-3-4-6-16(14)20-17/h12-13,15,18H,2-11H2,1H3. The van der Waals surface area contributed by atoms with Crippen LogP contribution >= 0.6 is 11.3 Å². The smallest absolute Gasteiger partial charge is 0.0468 e. The molecule has 3 rings (SSSR count). The lowest BCUT2D eigenvalue weighted by Gasteiger charge is -2.26. The van der Waals surface area contributed by atoms with Gasteiger partial charge in [-0.2, -0.15) is 0 Å². The molecule has 0 bridgehead atoms. The van der Waals surface area contributed by atoms with Gasteiger partial charge in [0.15, 0.2) is 0 Å². The zero-order valence-electron chi connectivity index (χ0n) is 12.6. The molecule has 0 aromatic carbocycles. The van der Waals surface area contributed by atoms with Crippen molar-refractivity contribution < 1.29 is 4.74 Å². The molecular formula is C17H27NOS. The molecule has 1 aromatic heterocycles. The first-order valence-electron chi connectivity index (χ1n) is 8.29. The molecule has 20 heavy (non-hydrogen) atoms. The molecule has 0 radical (unpaired) electrons. The lowest BCUT2D eigenvalue weighted by molar-refractivity contribution is 0.0607. The number of ether oxygens (including phenoxy) is 1. The van der Waals surface area contributed by atoms with Crippen molar-refractivity contribution >= 4 is 11.3 Å². The molecule has 2 heterocycles. The van der Waals surface area contributed by atoms with Crippen LogP contribution in [-0.2, 0) is 17.6 Å². The van der Waals surface area contributed by atoms with Crippen LogP contribution in [0.15, 0.2) is 6.07 Å². The molecule has 1 aliphatic carbocycles. The molecule has 1 aromatic rings. The highest BCUT2D eigenvalue weighted by molar-refractivity contribution is 7.12. The molecule has 1 fully saturated rings. The van der Waals surface area contributed by atoms with Crippen molar-refractivity contribution in [2.45, 2.75) is 57.9 Å². The van der Waals surface area contributed by atoms with Gasteiger partial charge in [-0.15, -0.1) is 11.3 Å². The summed E-state index contributed by atoms with van der Waals surface area (Å²) in [5.41, 5.74) is 1.64. The molecule has 0 amide bonds. The summed E-state index contributed by atoms with van der Waals surface area (Å²) in [6.45, 7) is 5.22. The summed E-state index contributed by atoms with van der Waals surface area (Å²) in [5, 5.41) is 3.72. The van der Waals surface area contributed by atoms with Gasteiger partial charge in [0.05, 0.1) is 0 Å². The first-order valence-corrected chi connectivity index (χ1v) is 9.11. The Morgan fingerprint density at radius 2 is 2.10 bits per heavy atom. The summed E-state index contributed by atoms with van der Waals surface area (Å²) in [5.74, 6) is 0.840. The Morgan fingerprint density at radius 1 is 1.30 bits per heavy atom. The Labute approximate surface area is 126 Å². The van der Waals surface area contributed by atoms with Gasteiger partial charge < -0.3 is 10.1 Å². The van der Waals surface area contributed by atoms with Gasteiger partial charge in [-0.05, 0) is 69.0 Å². The third-order valence-electron chi connectivity index (χ3n) is 4.72. The fraction of sp³-hybridized carbons (Fsp3) is 0.765. The summed E-state index contributed by atoms with van der Waals surface area (Å²) in [4.78, 5) is 3.26. The second-order valence-corrected chi connectivity index (χ2v) is 7.37. The summed E-state index contributed by atoms with van der Waals surface area (Å²) in [6, 6.07) is 3.07. The van der Waals surface area contributed by atoms with Crippen LogP contribution in [0.1, 0.15) is 60.4 Å². The molecule has 0 saturated carbocycles. The quantitative estimate of drug-likeness (QED) is 0.882. The number of rotatable bonds is 5. The average Bonchev–Trinajstić information content (AvgIpc) is 2.92. The third-order valence-corrected chi connectivity index (χ3v) is 6.07. The number of thiophene rings is 1. The minimum absolute atomic E-state index is 0.568. The van der Waals surface area contributed by atoms with Crippen LogP contribution in [-0.4, -0.2) is 19.8 Å². The van der Waals surface area contributed by atoms with Crippen LogP contribution < -0.4 is 5.32 Å². The van der Waals surface area contributed by atoms with E-state index in [1.54, 1.807) is 15.3 Å². The van der Waals surface area contributed by atoms with E-state index >= 15 is 0 Å². The van der Waals surface area contributed by atoms with Gasteiger partial charge in [0.1, 0.15) is 0 Å². The van der Waals surface area contributed by atoms with Crippen molar-refractivity contribution in [1.82, 2.24) is 5.32 Å². The predicted molar refractivity (Wildman–Crippen MR) is 85.5 cm³/mol. The molecule has 1 atom stereocenters. The lowest BCUT2D eigenvalue weighted by atomic mass is 9.91. The van der Waals surface area contributed by atoms with Crippen LogP contribution in [0.5, 0.6) is 0 Å². The van der Waals surface area contributed by atoms with Crippen molar-refractivity contribution in [3.63, 3.8) is 0 Å². The molecule has 1 saturated heterocycles. The molecule has 1 aliphatic heterocycles. The van der Waals surface area contributed by atoms with Crippen molar-refractivity contribution in [1.29, 1.82) is 0 Å². The minimum atomic E-state index is 0.568. The van der Waals surface area contributed by atoms with Gasteiger partial charge in [0.25, 0.3) is 0 Å². The molecule has 1 unspecified atom stereocenters. The van der Waals surface area contributed by atoms with Crippen LogP contribution in [0, 0.1) is 5.92 Å². The van der Waals surface area contributed by atoms with Gasteiger partial charge in [0, 0.05) is 29.0 Å². The monoisotopic (exact) mass is 293 g/mol.